The van der Waals surface area contributed by atoms with Crippen LogP contribution in [0.4, 0.5) is 0 Å². The van der Waals surface area contributed by atoms with Gasteiger partial charge >= 0.3 is 0 Å². The van der Waals surface area contributed by atoms with E-state index < -0.39 is 10.0 Å². The molecule has 1 heterocycles. The van der Waals surface area contributed by atoms with Gasteiger partial charge in [0.15, 0.2) is 0 Å². The summed E-state index contributed by atoms with van der Waals surface area (Å²) in [4.78, 5) is 0.358. The zero-order valence-electron chi connectivity index (χ0n) is 11.0. The lowest BCUT2D eigenvalue weighted by atomic mass is 10.0. The molecule has 1 aromatic rings. The topological polar surface area (TPSA) is 63.4 Å². The Morgan fingerprint density at radius 1 is 1.42 bits per heavy atom. The van der Waals surface area contributed by atoms with Crippen LogP contribution in [0.15, 0.2) is 27.6 Å². The first-order valence-electron chi connectivity index (χ1n) is 6.41. The normalized spacial score (nSPS) is 21.5. The molecule has 2 N–H and O–H groups in total. The van der Waals surface area contributed by atoms with E-state index >= 15 is 0 Å². The van der Waals surface area contributed by atoms with Crippen molar-refractivity contribution >= 4 is 26.0 Å². The first-order chi connectivity index (χ1) is 8.93. The summed E-state index contributed by atoms with van der Waals surface area (Å²) >= 11 is 3.35. The molecule has 4 nitrogen and oxygen atoms in total. The summed E-state index contributed by atoms with van der Waals surface area (Å²) < 4.78 is 27.6. The smallest absolute Gasteiger partial charge is 0.243 e. The average Bonchev–Trinajstić information content (AvgIpc) is 2.37. The largest absolute Gasteiger partial charge is 0.330 e. The van der Waals surface area contributed by atoms with Crippen LogP contribution in [0.1, 0.15) is 18.4 Å². The average molecular weight is 347 g/mol. The van der Waals surface area contributed by atoms with E-state index in [2.05, 4.69) is 15.9 Å². The fourth-order valence-electron chi connectivity index (χ4n) is 2.44. The molecule has 0 amide bonds. The number of nitrogens with zero attached hydrogens (tertiary/aromatic N) is 1. The Kier molecular flexibility index (Phi) is 4.66. The zero-order valence-corrected chi connectivity index (χ0v) is 13.4. The number of aryl methyl sites for hydroxylation is 1. The minimum absolute atomic E-state index is 0.275. The van der Waals surface area contributed by atoms with Gasteiger partial charge in [0.2, 0.25) is 10.0 Å². The van der Waals surface area contributed by atoms with Crippen molar-refractivity contribution < 1.29 is 8.42 Å². The fraction of sp³-hybridized carbons (Fsp3) is 0.538. The van der Waals surface area contributed by atoms with E-state index in [1.54, 1.807) is 16.4 Å². The van der Waals surface area contributed by atoms with Gasteiger partial charge in [-0.3, -0.25) is 0 Å². The molecule has 19 heavy (non-hydrogen) atoms. The molecular weight excluding hydrogens is 328 g/mol. The SMILES string of the molecule is Cc1cc(Br)cc(S(=O)(=O)N2CCCC(CN)C2)c1. The van der Waals surface area contributed by atoms with Gasteiger partial charge in [0.1, 0.15) is 0 Å². The van der Waals surface area contributed by atoms with Crippen LogP contribution in [0.5, 0.6) is 0 Å². The Hall–Kier alpha value is -0.430. The molecule has 0 bridgehead atoms. The van der Waals surface area contributed by atoms with Crippen molar-refractivity contribution in [2.45, 2.75) is 24.7 Å². The van der Waals surface area contributed by atoms with Crippen molar-refractivity contribution in [1.82, 2.24) is 4.31 Å². The van der Waals surface area contributed by atoms with Gasteiger partial charge in [-0.2, -0.15) is 4.31 Å². The van der Waals surface area contributed by atoms with Crippen molar-refractivity contribution in [3.8, 4) is 0 Å². The lowest BCUT2D eigenvalue weighted by Crippen LogP contribution is -2.41. The monoisotopic (exact) mass is 346 g/mol. The zero-order chi connectivity index (χ0) is 14.0. The van der Waals surface area contributed by atoms with Gasteiger partial charge in [-0.15, -0.1) is 0 Å². The second-order valence-corrected chi connectivity index (χ2v) is 7.92. The molecule has 1 unspecified atom stereocenters. The third-order valence-electron chi connectivity index (χ3n) is 3.47. The Morgan fingerprint density at radius 2 is 2.16 bits per heavy atom. The lowest BCUT2D eigenvalue weighted by molar-refractivity contribution is 0.271. The van der Waals surface area contributed by atoms with Crippen LogP contribution in [-0.4, -0.2) is 32.4 Å². The number of piperidine rings is 1. The maximum absolute atomic E-state index is 12.6. The number of nitrogens with two attached hydrogens (primary N) is 1. The molecular formula is C13H19BrN2O2S. The number of hydrogen-bond acceptors (Lipinski definition) is 3. The quantitative estimate of drug-likeness (QED) is 0.911. The van der Waals surface area contributed by atoms with Crippen LogP contribution in [0.2, 0.25) is 0 Å². The Bertz CT molecular complexity index is 540. The third kappa shape index (κ3) is 3.37. The summed E-state index contributed by atoms with van der Waals surface area (Å²) in [6.45, 7) is 3.56. The van der Waals surface area contributed by atoms with Crippen LogP contribution < -0.4 is 5.73 Å². The molecule has 0 radical (unpaired) electrons. The number of halogens is 1. The van der Waals surface area contributed by atoms with Gasteiger partial charge in [-0.05, 0) is 56.0 Å². The summed E-state index contributed by atoms with van der Waals surface area (Å²) in [7, 11) is -3.40. The van der Waals surface area contributed by atoms with Crippen molar-refractivity contribution in [3.05, 3.63) is 28.2 Å². The molecule has 1 saturated heterocycles. The summed E-state index contributed by atoms with van der Waals surface area (Å²) in [5, 5.41) is 0. The standard InChI is InChI=1S/C13H19BrN2O2S/c1-10-5-12(14)7-13(6-10)19(17,18)16-4-2-3-11(8-15)9-16/h5-7,11H,2-4,8-9,15H2,1H3. The Labute approximate surface area is 123 Å². The maximum atomic E-state index is 12.6. The van der Waals surface area contributed by atoms with Gasteiger partial charge in [0.25, 0.3) is 0 Å². The number of hydrogen-bond donors (Lipinski definition) is 1. The Morgan fingerprint density at radius 3 is 2.79 bits per heavy atom. The second kappa shape index (κ2) is 5.91. The molecule has 2 rings (SSSR count). The molecule has 1 atom stereocenters. The van der Waals surface area contributed by atoms with E-state index in [0.29, 0.717) is 24.5 Å². The highest BCUT2D eigenvalue weighted by atomic mass is 79.9. The molecule has 0 spiro atoms. The molecule has 0 aromatic heterocycles. The first kappa shape index (κ1) is 15.0. The van der Waals surface area contributed by atoms with E-state index in [1.165, 1.54) is 0 Å². The number of sulfonamides is 1. The van der Waals surface area contributed by atoms with Crippen LogP contribution in [0, 0.1) is 12.8 Å². The molecule has 1 fully saturated rings. The predicted molar refractivity (Wildman–Crippen MR) is 79.4 cm³/mol. The minimum atomic E-state index is -3.40. The maximum Gasteiger partial charge on any atom is 0.243 e. The van der Waals surface area contributed by atoms with Crippen molar-refractivity contribution in [1.29, 1.82) is 0 Å². The first-order valence-corrected chi connectivity index (χ1v) is 8.64. The van der Waals surface area contributed by atoms with E-state index in [4.69, 9.17) is 5.73 Å². The summed E-state index contributed by atoms with van der Waals surface area (Å²) in [5.74, 6) is 0.275. The molecule has 106 valence electrons. The molecule has 6 heteroatoms. The molecule has 0 saturated carbocycles. The number of benzene rings is 1. The van der Waals surface area contributed by atoms with Crippen LogP contribution in [0.3, 0.4) is 0 Å². The minimum Gasteiger partial charge on any atom is -0.330 e. The third-order valence-corrected chi connectivity index (χ3v) is 5.77. The molecule has 1 aromatic carbocycles. The molecule has 1 aliphatic rings. The van der Waals surface area contributed by atoms with E-state index in [9.17, 15) is 8.42 Å². The van der Waals surface area contributed by atoms with Crippen molar-refractivity contribution in [2.24, 2.45) is 11.7 Å². The fourth-order valence-corrected chi connectivity index (χ4v) is 4.88. The summed E-state index contributed by atoms with van der Waals surface area (Å²) in [6.07, 6.45) is 1.90. The van der Waals surface area contributed by atoms with Crippen molar-refractivity contribution in [3.63, 3.8) is 0 Å². The Balaban J connectivity index is 2.31. The molecule has 0 aliphatic carbocycles. The highest BCUT2D eigenvalue weighted by molar-refractivity contribution is 9.10. The molecule has 1 aliphatic heterocycles. The second-order valence-electron chi connectivity index (χ2n) is 5.07. The van der Waals surface area contributed by atoms with Gasteiger partial charge in [0.05, 0.1) is 4.90 Å². The number of rotatable bonds is 3. The highest BCUT2D eigenvalue weighted by Crippen LogP contribution is 2.26. The van der Waals surface area contributed by atoms with Crippen LogP contribution >= 0.6 is 15.9 Å². The van der Waals surface area contributed by atoms with E-state index in [0.717, 1.165) is 22.9 Å². The van der Waals surface area contributed by atoms with E-state index in [-0.39, 0.29) is 5.92 Å². The van der Waals surface area contributed by atoms with Gasteiger partial charge in [-0.1, -0.05) is 15.9 Å². The van der Waals surface area contributed by atoms with Crippen LogP contribution in [0.25, 0.3) is 0 Å². The van der Waals surface area contributed by atoms with Crippen LogP contribution in [-0.2, 0) is 10.0 Å². The van der Waals surface area contributed by atoms with E-state index in [1.807, 2.05) is 13.0 Å². The van der Waals surface area contributed by atoms with Crippen molar-refractivity contribution in [2.75, 3.05) is 19.6 Å². The van der Waals surface area contributed by atoms with Gasteiger partial charge in [0, 0.05) is 17.6 Å². The lowest BCUT2D eigenvalue weighted by Gasteiger charge is -2.31. The highest BCUT2D eigenvalue weighted by Gasteiger charge is 2.29. The van der Waals surface area contributed by atoms with Gasteiger partial charge in [-0.25, -0.2) is 8.42 Å². The summed E-state index contributed by atoms with van der Waals surface area (Å²) in [5.41, 5.74) is 6.60. The predicted octanol–water partition coefficient (Wildman–Crippen LogP) is 2.12. The van der Waals surface area contributed by atoms with Gasteiger partial charge < -0.3 is 5.73 Å². The summed E-state index contributed by atoms with van der Waals surface area (Å²) in [6, 6.07) is 5.28.